The highest BCUT2D eigenvalue weighted by Crippen LogP contribution is 2.20. The SMILES string of the molecule is CCNC(=NCc1nncn1C)NCCCOc1ccc2ccccc2c1. The number of aryl methyl sites for hydroxylation is 1. The summed E-state index contributed by atoms with van der Waals surface area (Å²) >= 11 is 0. The molecule has 1 heterocycles. The van der Waals surface area contributed by atoms with E-state index in [-0.39, 0.29) is 0 Å². The second kappa shape index (κ2) is 9.56. The van der Waals surface area contributed by atoms with Gasteiger partial charge in [0, 0.05) is 20.1 Å². The monoisotopic (exact) mass is 366 g/mol. The molecular weight excluding hydrogens is 340 g/mol. The fourth-order valence-corrected chi connectivity index (χ4v) is 2.67. The normalized spacial score (nSPS) is 11.6. The van der Waals surface area contributed by atoms with Crippen molar-refractivity contribution in [1.29, 1.82) is 0 Å². The molecule has 0 spiro atoms. The Morgan fingerprint density at radius 3 is 2.78 bits per heavy atom. The Labute approximate surface area is 159 Å². The fourth-order valence-electron chi connectivity index (χ4n) is 2.67. The highest BCUT2D eigenvalue weighted by Gasteiger charge is 2.02. The van der Waals surface area contributed by atoms with Crippen LogP contribution in [-0.4, -0.2) is 40.4 Å². The van der Waals surface area contributed by atoms with Gasteiger partial charge >= 0.3 is 0 Å². The van der Waals surface area contributed by atoms with Crippen LogP contribution in [0.4, 0.5) is 0 Å². The summed E-state index contributed by atoms with van der Waals surface area (Å²) in [5.74, 6) is 2.50. The minimum atomic E-state index is 0.486. The van der Waals surface area contributed by atoms with Crippen molar-refractivity contribution in [2.45, 2.75) is 19.9 Å². The molecule has 0 aliphatic heterocycles. The van der Waals surface area contributed by atoms with E-state index in [0.29, 0.717) is 13.2 Å². The van der Waals surface area contributed by atoms with Crippen LogP contribution in [0.3, 0.4) is 0 Å². The largest absolute Gasteiger partial charge is 0.494 e. The molecule has 0 saturated carbocycles. The predicted molar refractivity (Wildman–Crippen MR) is 108 cm³/mol. The molecule has 0 aliphatic rings. The Balaban J connectivity index is 1.43. The highest BCUT2D eigenvalue weighted by atomic mass is 16.5. The lowest BCUT2D eigenvalue weighted by Crippen LogP contribution is -2.38. The minimum absolute atomic E-state index is 0.486. The summed E-state index contributed by atoms with van der Waals surface area (Å²) in [6.45, 7) is 4.76. The van der Waals surface area contributed by atoms with Crippen molar-refractivity contribution in [1.82, 2.24) is 25.4 Å². The zero-order valence-corrected chi connectivity index (χ0v) is 15.9. The van der Waals surface area contributed by atoms with Gasteiger partial charge in [-0.25, -0.2) is 4.99 Å². The van der Waals surface area contributed by atoms with Crippen molar-refractivity contribution in [3.05, 3.63) is 54.6 Å². The third kappa shape index (κ3) is 5.44. The van der Waals surface area contributed by atoms with Crippen molar-refractivity contribution < 1.29 is 4.74 Å². The van der Waals surface area contributed by atoms with E-state index in [4.69, 9.17) is 4.74 Å². The molecule has 2 N–H and O–H groups in total. The molecule has 3 aromatic rings. The summed E-state index contributed by atoms with van der Waals surface area (Å²) in [4.78, 5) is 4.54. The quantitative estimate of drug-likeness (QED) is 0.364. The Morgan fingerprint density at radius 1 is 1.15 bits per heavy atom. The van der Waals surface area contributed by atoms with Crippen LogP contribution in [0, 0.1) is 0 Å². The van der Waals surface area contributed by atoms with Crippen molar-refractivity contribution in [3.8, 4) is 5.75 Å². The van der Waals surface area contributed by atoms with E-state index in [1.54, 1.807) is 6.33 Å². The van der Waals surface area contributed by atoms with E-state index in [1.807, 2.05) is 36.7 Å². The molecule has 0 radical (unpaired) electrons. The molecule has 2 aromatic carbocycles. The topological polar surface area (TPSA) is 76.4 Å². The fraction of sp³-hybridized carbons (Fsp3) is 0.350. The van der Waals surface area contributed by atoms with E-state index in [1.165, 1.54) is 10.8 Å². The Bertz CT molecular complexity index is 889. The molecule has 0 amide bonds. The lowest BCUT2D eigenvalue weighted by molar-refractivity contribution is 0.311. The molecule has 142 valence electrons. The van der Waals surface area contributed by atoms with Crippen LogP contribution in [0.1, 0.15) is 19.2 Å². The summed E-state index contributed by atoms with van der Waals surface area (Å²) in [6, 6.07) is 14.5. The average molecular weight is 366 g/mol. The Hall–Kier alpha value is -3.09. The van der Waals surface area contributed by atoms with Crippen LogP contribution in [0.15, 0.2) is 53.8 Å². The number of fused-ring (bicyclic) bond motifs is 1. The van der Waals surface area contributed by atoms with Gasteiger partial charge in [-0.1, -0.05) is 30.3 Å². The van der Waals surface area contributed by atoms with Crippen LogP contribution < -0.4 is 15.4 Å². The maximum Gasteiger partial charge on any atom is 0.191 e. The molecule has 7 heteroatoms. The number of aliphatic imine (C=N–C) groups is 1. The first-order chi connectivity index (χ1) is 13.3. The van der Waals surface area contributed by atoms with Crippen LogP contribution in [0.5, 0.6) is 5.75 Å². The van der Waals surface area contributed by atoms with Crippen molar-refractivity contribution in [3.63, 3.8) is 0 Å². The van der Waals surface area contributed by atoms with Gasteiger partial charge in [0.05, 0.1) is 6.61 Å². The van der Waals surface area contributed by atoms with E-state index >= 15 is 0 Å². The molecule has 0 saturated heterocycles. The molecule has 27 heavy (non-hydrogen) atoms. The summed E-state index contributed by atoms with van der Waals surface area (Å²) < 4.78 is 7.73. The summed E-state index contributed by atoms with van der Waals surface area (Å²) in [5.41, 5.74) is 0. The zero-order chi connectivity index (χ0) is 18.9. The molecule has 0 aliphatic carbocycles. The number of hydrogen-bond acceptors (Lipinski definition) is 4. The molecule has 0 fully saturated rings. The van der Waals surface area contributed by atoms with Gasteiger partial charge in [0.15, 0.2) is 11.8 Å². The van der Waals surface area contributed by atoms with Gasteiger partial charge in [0.1, 0.15) is 18.6 Å². The predicted octanol–water partition coefficient (Wildman–Crippen LogP) is 2.49. The number of guanidine groups is 1. The Kier molecular flexibility index (Phi) is 6.62. The van der Waals surface area contributed by atoms with Gasteiger partial charge in [-0.2, -0.15) is 0 Å². The summed E-state index contributed by atoms with van der Waals surface area (Å²) in [7, 11) is 1.91. The smallest absolute Gasteiger partial charge is 0.191 e. The number of ether oxygens (including phenoxy) is 1. The van der Waals surface area contributed by atoms with Crippen LogP contribution >= 0.6 is 0 Å². The van der Waals surface area contributed by atoms with Gasteiger partial charge in [-0.3, -0.25) is 0 Å². The second-order valence-corrected chi connectivity index (χ2v) is 6.19. The van der Waals surface area contributed by atoms with Gasteiger partial charge in [0.25, 0.3) is 0 Å². The van der Waals surface area contributed by atoms with E-state index in [9.17, 15) is 0 Å². The first kappa shape index (κ1) is 18.7. The second-order valence-electron chi connectivity index (χ2n) is 6.19. The van der Waals surface area contributed by atoms with Crippen LogP contribution in [-0.2, 0) is 13.6 Å². The number of nitrogens with zero attached hydrogens (tertiary/aromatic N) is 4. The maximum absolute atomic E-state index is 5.87. The number of rotatable bonds is 8. The molecule has 0 atom stereocenters. The molecule has 3 rings (SSSR count). The first-order valence-electron chi connectivity index (χ1n) is 9.23. The third-order valence-electron chi connectivity index (χ3n) is 4.13. The summed E-state index contributed by atoms with van der Waals surface area (Å²) in [5, 5.41) is 16.9. The Morgan fingerprint density at radius 2 is 2.00 bits per heavy atom. The number of aromatic nitrogens is 3. The standard InChI is InChI=1S/C20H26N6O/c1-3-21-20(23-14-19-25-24-15-26(19)2)22-11-6-12-27-18-10-9-16-7-4-5-8-17(16)13-18/h4-5,7-10,13,15H,3,6,11-12,14H2,1-2H3,(H2,21,22,23). The molecule has 1 aromatic heterocycles. The zero-order valence-electron chi connectivity index (χ0n) is 15.9. The van der Waals surface area contributed by atoms with Crippen molar-refractivity contribution >= 4 is 16.7 Å². The lowest BCUT2D eigenvalue weighted by atomic mass is 10.1. The van der Waals surface area contributed by atoms with Gasteiger partial charge in [-0.05, 0) is 36.2 Å². The van der Waals surface area contributed by atoms with Gasteiger partial charge in [-0.15, -0.1) is 10.2 Å². The number of benzene rings is 2. The molecular formula is C20H26N6O. The third-order valence-corrected chi connectivity index (χ3v) is 4.13. The van der Waals surface area contributed by atoms with Crippen LogP contribution in [0.25, 0.3) is 10.8 Å². The highest BCUT2D eigenvalue weighted by molar-refractivity contribution is 5.83. The van der Waals surface area contributed by atoms with Gasteiger partial charge < -0.3 is 19.9 Å². The van der Waals surface area contributed by atoms with E-state index in [2.05, 4.69) is 50.1 Å². The molecule has 0 bridgehead atoms. The lowest BCUT2D eigenvalue weighted by Gasteiger charge is -2.12. The maximum atomic E-state index is 5.87. The van der Waals surface area contributed by atoms with E-state index < -0.39 is 0 Å². The first-order valence-corrected chi connectivity index (χ1v) is 9.23. The minimum Gasteiger partial charge on any atom is -0.494 e. The number of hydrogen-bond donors (Lipinski definition) is 2. The number of nitrogens with one attached hydrogen (secondary N) is 2. The van der Waals surface area contributed by atoms with E-state index in [0.717, 1.165) is 37.0 Å². The summed E-state index contributed by atoms with van der Waals surface area (Å²) in [6.07, 6.45) is 2.55. The molecule has 7 nitrogen and oxygen atoms in total. The van der Waals surface area contributed by atoms with Crippen molar-refractivity contribution in [2.24, 2.45) is 12.0 Å². The molecule has 0 unspecified atom stereocenters. The van der Waals surface area contributed by atoms with Crippen molar-refractivity contribution in [2.75, 3.05) is 19.7 Å². The van der Waals surface area contributed by atoms with Crippen LogP contribution in [0.2, 0.25) is 0 Å². The average Bonchev–Trinajstić information content (AvgIpc) is 3.10. The van der Waals surface area contributed by atoms with Gasteiger partial charge in [0.2, 0.25) is 0 Å².